The van der Waals surface area contributed by atoms with E-state index >= 15 is 0 Å². The minimum absolute atomic E-state index is 0.134. The number of fused-ring (bicyclic) bond motifs is 9. The van der Waals surface area contributed by atoms with Gasteiger partial charge in [0.05, 0.1) is 17.9 Å². The maximum atomic E-state index is 8.79. The smallest absolute Gasteiger partial charge is 0.136 e. The number of nitrogens with zero attached hydrogens (tertiary/aromatic N) is 2. The van der Waals surface area contributed by atoms with Gasteiger partial charge in [-0.3, -0.25) is 0 Å². The van der Waals surface area contributed by atoms with E-state index in [9.17, 15) is 0 Å². The molecule has 3 nitrogen and oxygen atoms in total. The average Bonchev–Trinajstić information content (AvgIpc) is 3.81. The Bertz CT molecular complexity index is 3450. The Kier molecular flexibility index (Phi) is 5.52. The number of hydrogen-bond donors (Lipinski definition) is 0. The van der Waals surface area contributed by atoms with Crippen LogP contribution in [0.3, 0.4) is 0 Å². The standard InChI is InChI=1S/C50H32N2O/c1-3-14-36(15-4-1)51(38-24-22-33-12-7-8-13-34(33)30-38)39-25-28-48-45(32-39)50-43-20-11-19-40(41(43)26-29-49(50)53-48)35-23-27-47-44(31-35)42-18-9-10-21-46(42)52(47)37-16-5-2-6-17-37/h1-32H/i2D,5D,6D,16D,17D. The number of benzene rings is 9. The first-order valence-corrected chi connectivity index (χ1v) is 17.7. The third-order valence-corrected chi connectivity index (χ3v) is 10.4. The number of furan rings is 1. The first-order valence-electron chi connectivity index (χ1n) is 20.2. The zero-order valence-electron chi connectivity index (χ0n) is 33.4. The largest absolute Gasteiger partial charge is 0.456 e. The summed E-state index contributed by atoms with van der Waals surface area (Å²) in [6.07, 6.45) is 0. The summed E-state index contributed by atoms with van der Waals surface area (Å²) in [5.41, 5.74) is 8.47. The molecule has 3 heteroatoms. The van der Waals surface area contributed by atoms with Crippen molar-refractivity contribution in [1.29, 1.82) is 0 Å². The van der Waals surface area contributed by atoms with Crippen molar-refractivity contribution in [3.8, 4) is 16.8 Å². The number of hydrogen-bond acceptors (Lipinski definition) is 2. The van der Waals surface area contributed by atoms with Gasteiger partial charge >= 0.3 is 0 Å². The van der Waals surface area contributed by atoms with Crippen molar-refractivity contribution in [2.24, 2.45) is 0 Å². The Labute approximate surface area is 313 Å². The maximum Gasteiger partial charge on any atom is 0.136 e. The van der Waals surface area contributed by atoms with E-state index in [0.29, 0.717) is 0 Å². The predicted octanol–water partition coefficient (Wildman–Crippen LogP) is 14.1. The summed E-state index contributed by atoms with van der Waals surface area (Å²) in [6.45, 7) is 0. The molecule has 0 saturated carbocycles. The average molecular weight is 682 g/mol. The fourth-order valence-electron chi connectivity index (χ4n) is 8.09. The van der Waals surface area contributed by atoms with Crippen LogP contribution in [-0.2, 0) is 0 Å². The lowest BCUT2D eigenvalue weighted by Crippen LogP contribution is -2.09. The van der Waals surface area contributed by atoms with Crippen molar-refractivity contribution in [2.75, 3.05) is 4.90 Å². The Morgan fingerprint density at radius 1 is 0.453 bits per heavy atom. The highest BCUT2D eigenvalue weighted by Gasteiger charge is 2.19. The van der Waals surface area contributed by atoms with Crippen molar-refractivity contribution in [2.45, 2.75) is 0 Å². The van der Waals surface area contributed by atoms with Gasteiger partial charge in [-0.2, -0.15) is 0 Å². The number of aromatic nitrogens is 1. The number of anilines is 3. The molecule has 0 fully saturated rings. The molecule has 9 aromatic carbocycles. The van der Waals surface area contributed by atoms with Crippen molar-refractivity contribution >= 4 is 82.4 Å². The minimum atomic E-state index is -0.410. The van der Waals surface area contributed by atoms with E-state index in [-0.39, 0.29) is 29.9 Å². The summed E-state index contributed by atoms with van der Waals surface area (Å²) in [4.78, 5) is 2.29. The molecule has 0 aliphatic rings. The fraction of sp³-hybridized carbons (Fsp3) is 0. The molecule has 0 unspecified atom stereocenters. The summed E-state index contributed by atoms with van der Waals surface area (Å²) in [7, 11) is 0. The first-order chi connectivity index (χ1) is 28.4. The highest BCUT2D eigenvalue weighted by molar-refractivity contribution is 6.22. The lowest BCUT2D eigenvalue weighted by atomic mass is 9.94. The van der Waals surface area contributed by atoms with Gasteiger partial charge in [0.2, 0.25) is 0 Å². The molecule has 53 heavy (non-hydrogen) atoms. The van der Waals surface area contributed by atoms with Crippen LogP contribution >= 0.6 is 0 Å². The van der Waals surface area contributed by atoms with Crippen LogP contribution in [0.25, 0.3) is 82.1 Å². The molecule has 11 aromatic rings. The molecule has 2 aromatic heterocycles. The van der Waals surface area contributed by atoms with E-state index in [2.05, 4.69) is 132 Å². The summed E-state index contributed by atoms with van der Waals surface area (Å²) in [6, 6.07) is 54.8. The summed E-state index contributed by atoms with van der Waals surface area (Å²) < 4.78 is 50.8. The van der Waals surface area contributed by atoms with Crippen LogP contribution in [0.1, 0.15) is 6.85 Å². The normalized spacial score (nSPS) is 13.1. The molecule has 0 saturated heterocycles. The Morgan fingerprint density at radius 2 is 1.19 bits per heavy atom. The topological polar surface area (TPSA) is 21.3 Å². The minimum Gasteiger partial charge on any atom is -0.456 e. The second kappa shape index (κ2) is 11.7. The molecule has 0 N–H and O–H groups in total. The molecule has 0 aliphatic carbocycles. The summed E-state index contributed by atoms with van der Waals surface area (Å²) in [5, 5.41) is 8.43. The van der Waals surface area contributed by atoms with E-state index in [1.807, 2.05) is 36.4 Å². The second-order valence-electron chi connectivity index (χ2n) is 13.4. The SMILES string of the molecule is [2H]c1c([2H])c([2H])c(-n2c3ccccc3c3cc(-c4cccc5c4ccc4oc6ccc(N(c7ccccc7)c7ccc8ccccc8c7)cc6c45)ccc32)c([2H])c1[2H]. The molecule has 0 amide bonds. The molecule has 2 heterocycles. The highest BCUT2D eigenvalue weighted by atomic mass is 16.3. The Hall–Kier alpha value is -7.10. The third-order valence-electron chi connectivity index (χ3n) is 10.4. The van der Waals surface area contributed by atoms with Gasteiger partial charge in [-0.25, -0.2) is 0 Å². The van der Waals surface area contributed by atoms with Crippen molar-refractivity contribution in [1.82, 2.24) is 4.57 Å². The van der Waals surface area contributed by atoms with Gasteiger partial charge < -0.3 is 13.9 Å². The zero-order chi connectivity index (χ0) is 39.2. The molecule has 0 atom stereocenters. The van der Waals surface area contributed by atoms with Crippen LogP contribution in [0.4, 0.5) is 17.1 Å². The van der Waals surface area contributed by atoms with Crippen LogP contribution in [-0.4, -0.2) is 4.57 Å². The van der Waals surface area contributed by atoms with Gasteiger partial charge in [-0.15, -0.1) is 0 Å². The van der Waals surface area contributed by atoms with Crippen molar-refractivity contribution < 1.29 is 11.3 Å². The van der Waals surface area contributed by atoms with Crippen molar-refractivity contribution in [3.05, 3.63) is 194 Å². The van der Waals surface area contributed by atoms with Crippen LogP contribution in [0.2, 0.25) is 0 Å². The molecule has 248 valence electrons. The van der Waals surface area contributed by atoms with Gasteiger partial charge in [-0.1, -0.05) is 115 Å². The highest BCUT2D eigenvalue weighted by Crippen LogP contribution is 2.43. The van der Waals surface area contributed by atoms with E-state index in [1.54, 1.807) is 4.57 Å². The second-order valence-corrected chi connectivity index (χ2v) is 13.4. The fourth-order valence-corrected chi connectivity index (χ4v) is 8.09. The molecular formula is C50H32N2O. The molecule has 0 aliphatic heterocycles. The third kappa shape index (κ3) is 4.68. The van der Waals surface area contributed by atoms with Gasteiger partial charge in [0.1, 0.15) is 11.2 Å². The molecule has 0 spiro atoms. The quantitative estimate of drug-likeness (QED) is 0.180. The van der Waals surface area contributed by atoms with Gasteiger partial charge in [0.15, 0.2) is 0 Å². The number of rotatable bonds is 5. The Balaban J connectivity index is 1.10. The lowest BCUT2D eigenvalue weighted by molar-refractivity contribution is 0.669. The van der Waals surface area contributed by atoms with E-state index in [4.69, 9.17) is 11.3 Å². The zero-order valence-corrected chi connectivity index (χ0v) is 28.4. The molecule has 0 bridgehead atoms. The molecule has 0 radical (unpaired) electrons. The van der Waals surface area contributed by atoms with E-state index in [0.717, 1.165) is 82.7 Å². The van der Waals surface area contributed by atoms with E-state index < -0.39 is 6.04 Å². The van der Waals surface area contributed by atoms with Crippen LogP contribution in [0, 0.1) is 0 Å². The van der Waals surface area contributed by atoms with Gasteiger partial charge in [-0.05, 0) is 111 Å². The van der Waals surface area contributed by atoms with Gasteiger partial charge in [0, 0.05) is 44.3 Å². The van der Waals surface area contributed by atoms with Gasteiger partial charge in [0.25, 0.3) is 0 Å². The molecular weight excluding hydrogens is 645 g/mol. The van der Waals surface area contributed by atoms with Crippen LogP contribution < -0.4 is 4.90 Å². The summed E-state index contributed by atoms with van der Waals surface area (Å²) in [5.74, 6) is 0. The van der Waals surface area contributed by atoms with Crippen LogP contribution in [0.15, 0.2) is 198 Å². The summed E-state index contributed by atoms with van der Waals surface area (Å²) >= 11 is 0. The first kappa shape index (κ1) is 25.0. The molecule has 11 rings (SSSR count). The number of para-hydroxylation sites is 3. The lowest BCUT2D eigenvalue weighted by Gasteiger charge is -2.26. The Morgan fingerprint density at radius 3 is 2.09 bits per heavy atom. The maximum absolute atomic E-state index is 8.79. The van der Waals surface area contributed by atoms with E-state index in [1.165, 1.54) is 10.8 Å². The predicted molar refractivity (Wildman–Crippen MR) is 223 cm³/mol. The van der Waals surface area contributed by atoms with Crippen molar-refractivity contribution in [3.63, 3.8) is 0 Å². The van der Waals surface area contributed by atoms with Crippen LogP contribution in [0.5, 0.6) is 0 Å². The monoisotopic (exact) mass is 681 g/mol.